The van der Waals surface area contributed by atoms with Gasteiger partial charge >= 0.3 is 0 Å². The number of benzene rings is 9. The van der Waals surface area contributed by atoms with Gasteiger partial charge in [-0.1, -0.05) is 121 Å². The van der Waals surface area contributed by atoms with E-state index in [0.717, 1.165) is 15.8 Å². The lowest BCUT2D eigenvalue weighted by Gasteiger charge is -2.17. The summed E-state index contributed by atoms with van der Waals surface area (Å²) in [7, 11) is 0. The molecule has 0 aliphatic rings. The number of fused-ring (bicyclic) bond motifs is 12. The molecule has 9 aromatic carbocycles. The molecule has 228 valence electrons. The van der Waals surface area contributed by atoms with Crippen molar-refractivity contribution in [2.45, 2.75) is 0 Å². The van der Waals surface area contributed by atoms with Gasteiger partial charge in [-0.2, -0.15) is 0 Å². The van der Waals surface area contributed by atoms with Crippen LogP contribution in [0.3, 0.4) is 0 Å². The summed E-state index contributed by atoms with van der Waals surface area (Å²) in [4.78, 5) is 0. The van der Waals surface area contributed by atoms with Gasteiger partial charge in [0, 0.05) is 26.9 Å². The van der Waals surface area contributed by atoms with Crippen LogP contribution in [0.4, 0.5) is 0 Å². The molecule has 11 aromatic rings. The smallest absolute Gasteiger partial charge is 0.0656 e. The van der Waals surface area contributed by atoms with Crippen molar-refractivity contribution >= 4 is 103 Å². The van der Waals surface area contributed by atoms with Crippen LogP contribution in [0.1, 0.15) is 0 Å². The van der Waals surface area contributed by atoms with E-state index >= 15 is 0 Å². The van der Waals surface area contributed by atoms with Crippen LogP contribution in [-0.4, -0.2) is 9.13 Å². The molecule has 0 bridgehead atoms. The third-order valence-electron chi connectivity index (χ3n) is 10.5. The second kappa shape index (κ2) is 10.1. The Kier molecular flexibility index (Phi) is 5.56. The maximum absolute atomic E-state index is 4.24. The van der Waals surface area contributed by atoms with E-state index in [1.165, 1.54) is 86.7 Å². The number of halogens is 1. The number of hydrogen-bond acceptors (Lipinski definition) is 0. The Labute approximate surface area is 290 Å². The van der Waals surface area contributed by atoms with E-state index in [-0.39, 0.29) is 0 Å². The fraction of sp³-hybridized carbons (Fsp3) is 0. The van der Waals surface area contributed by atoms with E-state index in [1.807, 2.05) is 0 Å². The van der Waals surface area contributed by atoms with Gasteiger partial charge in [0.05, 0.1) is 37.9 Å². The Morgan fingerprint density at radius 2 is 0.816 bits per heavy atom. The van der Waals surface area contributed by atoms with Crippen LogP contribution >= 0.6 is 15.9 Å². The molecule has 0 N–H and O–H groups in total. The van der Waals surface area contributed by atoms with Crippen molar-refractivity contribution in [3.05, 3.63) is 168 Å². The molecule has 0 saturated heterocycles. The van der Waals surface area contributed by atoms with Crippen LogP contribution in [0.2, 0.25) is 0 Å². The van der Waals surface area contributed by atoms with Gasteiger partial charge < -0.3 is 9.13 Å². The van der Waals surface area contributed by atoms with E-state index in [0.29, 0.717) is 0 Å². The summed E-state index contributed by atoms with van der Waals surface area (Å²) < 4.78 is 5.99. The van der Waals surface area contributed by atoms with Gasteiger partial charge in [-0.05, 0) is 96.1 Å². The molecule has 0 fully saturated rings. The normalized spacial score (nSPS) is 12.2. The fourth-order valence-corrected chi connectivity index (χ4v) is 8.92. The minimum absolute atomic E-state index is 1.05. The predicted octanol–water partition coefficient (Wildman–Crippen LogP) is 13.3. The number of aromatic nitrogens is 2. The largest absolute Gasteiger partial charge is 0.308 e. The van der Waals surface area contributed by atoms with Crippen molar-refractivity contribution in [3.63, 3.8) is 0 Å². The van der Waals surface area contributed by atoms with Crippen molar-refractivity contribution in [1.29, 1.82) is 0 Å². The Balaban J connectivity index is 1.29. The molecule has 0 spiro atoms. The van der Waals surface area contributed by atoms with Gasteiger partial charge in [-0.3, -0.25) is 0 Å². The molecule has 0 unspecified atom stereocenters. The molecule has 0 amide bonds. The Bertz CT molecular complexity index is 3090. The first-order valence-electron chi connectivity index (χ1n) is 16.7. The zero-order valence-electron chi connectivity index (χ0n) is 26.4. The standard InChI is InChI=1S/C46H27BrN2/c47-45-40(48-42-26-32-14-3-1-12-30(32)24-37(42)38-25-31-13-2-4-15-33(31)27-43(38)48)18-9-19-41(45)49-39-23-21-28-10-5-7-16-34(28)44(39)36-22-20-29-11-6-8-17-35(29)46(36)49/h1-27H. The third-order valence-corrected chi connectivity index (χ3v) is 11.3. The Morgan fingerprint density at radius 1 is 0.327 bits per heavy atom. The zero-order chi connectivity index (χ0) is 32.2. The summed E-state index contributed by atoms with van der Waals surface area (Å²) in [6, 6.07) is 60.1. The monoisotopic (exact) mass is 686 g/mol. The van der Waals surface area contributed by atoms with E-state index in [4.69, 9.17) is 0 Å². The Hall–Kier alpha value is -5.90. The van der Waals surface area contributed by atoms with E-state index in [1.54, 1.807) is 0 Å². The molecule has 2 aromatic heterocycles. The molecule has 0 atom stereocenters. The van der Waals surface area contributed by atoms with Crippen LogP contribution in [0.5, 0.6) is 0 Å². The van der Waals surface area contributed by atoms with Crippen LogP contribution in [0, 0.1) is 0 Å². The van der Waals surface area contributed by atoms with Crippen molar-refractivity contribution in [3.8, 4) is 11.4 Å². The van der Waals surface area contributed by atoms with Crippen molar-refractivity contribution in [1.82, 2.24) is 9.13 Å². The highest BCUT2D eigenvalue weighted by atomic mass is 79.9. The van der Waals surface area contributed by atoms with Crippen molar-refractivity contribution in [2.24, 2.45) is 0 Å². The van der Waals surface area contributed by atoms with Crippen molar-refractivity contribution < 1.29 is 0 Å². The second-order valence-corrected chi connectivity index (χ2v) is 13.9. The minimum Gasteiger partial charge on any atom is -0.308 e. The first-order valence-corrected chi connectivity index (χ1v) is 17.5. The number of nitrogens with zero attached hydrogens (tertiary/aromatic N) is 2. The lowest BCUT2D eigenvalue weighted by molar-refractivity contribution is 1.12. The van der Waals surface area contributed by atoms with Crippen molar-refractivity contribution in [2.75, 3.05) is 0 Å². The first-order chi connectivity index (χ1) is 24.2. The fourth-order valence-electron chi connectivity index (χ4n) is 8.30. The predicted molar refractivity (Wildman–Crippen MR) is 213 cm³/mol. The van der Waals surface area contributed by atoms with Crippen LogP contribution in [0.15, 0.2) is 168 Å². The topological polar surface area (TPSA) is 9.86 Å². The molecule has 0 saturated carbocycles. The molecule has 49 heavy (non-hydrogen) atoms. The summed E-state index contributed by atoms with van der Waals surface area (Å²) in [6.45, 7) is 0. The number of rotatable bonds is 2. The van der Waals surface area contributed by atoms with Gasteiger partial charge in [0.25, 0.3) is 0 Å². The summed E-state index contributed by atoms with van der Waals surface area (Å²) >= 11 is 4.24. The maximum Gasteiger partial charge on any atom is 0.0656 e. The summed E-state index contributed by atoms with van der Waals surface area (Å²) in [5.41, 5.74) is 7.03. The lowest BCUT2D eigenvalue weighted by Crippen LogP contribution is -2.01. The SMILES string of the molecule is Brc1c(-n2c3cc4ccccc4cc3c3cc4ccccc4cc32)cccc1-n1c2ccc3ccccc3c2c2ccc3ccccc3c21. The zero-order valence-corrected chi connectivity index (χ0v) is 27.9. The third kappa shape index (κ3) is 3.76. The summed E-state index contributed by atoms with van der Waals surface area (Å²) in [6.07, 6.45) is 0. The lowest BCUT2D eigenvalue weighted by atomic mass is 10.0. The molecule has 2 heterocycles. The maximum atomic E-state index is 4.24. The van der Waals surface area contributed by atoms with Gasteiger partial charge in [0.2, 0.25) is 0 Å². The highest BCUT2D eigenvalue weighted by Crippen LogP contribution is 2.44. The number of hydrogen-bond donors (Lipinski definition) is 0. The minimum atomic E-state index is 1.05. The van der Waals surface area contributed by atoms with Gasteiger partial charge in [-0.25, -0.2) is 0 Å². The molecule has 0 aliphatic carbocycles. The molecular formula is C46H27BrN2. The molecule has 0 radical (unpaired) electrons. The molecule has 0 aliphatic heterocycles. The van der Waals surface area contributed by atoms with E-state index in [2.05, 4.69) is 189 Å². The highest BCUT2D eigenvalue weighted by molar-refractivity contribution is 9.10. The van der Waals surface area contributed by atoms with Gasteiger partial charge in [0.15, 0.2) is 0 Å². The second-order valence-electron chi connectivity index (χ2n) is 13.1. The average molecular weight is 688 g/mol. The molecule has 3 heteroatoms. The van der Waals surface area contributed by atoms with E-state index < -0.39 is 0 Å². The molecule has 11 rings (SSSR count). The van der Waals surface area contributed by atoms with Gasteiger partial charge in [0.1, 0.15) is 0 Å². The van der Waals surface area contributed by atoms with E-state index in [9.17, 15) is 0 Å². The molecule has 2 nitrogen and oxygen atoms in total. The highest BCUT2D eigenvalue weighted by Gasteiger charge is 2.22. The average Bonchev–Trinajstić information content (AvgIpc) is 3.65. The molecular weight excluding hydrogens is 660 g/mol. The van der Waals surface area contributed by atoms with Gasteiger partial charge in [-0.15, -0.1) is 0 Å². The summed E-state index contributed by atoms with van der Waals surface area (Å²) in [5.74, 6) is 0. The van der Waals surface area contributed by atoms with Crippen LogP contribution in [-0.2, 0) is 0 Å². The first kappa shape index (κ1) is 27.1. The van der Waals surface area contributed by atoms with Crippen LogP contribution in [0.25, 0.3) is 98.1 Å². The summed E-state index contributed by atoms with van der Waals surface area (Å²) in [5, 5.41) is 15.0. The van der Waals surface area contributed by atoms with Crippen LogP contribution < -0.4 is 0 Å². The Morgan fingerprint density at radius 3 is 1.45 bits per heavy atom. The quantitative estimate of drug-likeness (QED) is 0.171.